The second-order valence-electron chi connectivity index (χ2n) is 4.31. The van der Waals surface area contributed by atoms with Gasteiger partial charge in [0, 0.05) is 25.7 Å². The molecule has 0 aliphatic carbocycles. The maximum atomic E-state index is 12.3. The molecule has 1 atom stereocenters. The zero-order chi connectivity index (χ0) is 12.3. The Labute approximate surface area is 102 Å². The number of carbonyl (C=O) groups excluding carboxylic acids is 1. The number of benzene rings is 1. The van der Waals surface area contributed by atoms with Crippen molar-refractivity contribution in [3.05, 3.63) is 29.8 Å². The zero-order valence-electron chi connectivity index (χ0n) is 10.3. The molecule has 92 valence electrons. The largest absolute Gasteiger partial charge is 0.496 e. The van der Waals surface area contributed by atoms with Crippen molar-refractivity contribution in [2.24, 2.45) is 0 Å². The maximum absolute atomic E-state index is 12.3. The molecule has 17 heavy (non-hydrogen) atoms. The molecule has 1 aliphatic rings. The Balaban J connectivity index is 2.18. The van der Waals surface area contributed by atoms with Crippen LogP contribution >= 0.6 is 0 Å². The van der Waals surface area contributed by atoms with Gasteiger partial charge >= 0.3 is 0 Å². The third kappa shape index (κ3) is 2.58. The number of methoxy groups -OCH3 is 1. The van der Waals surface area contributed by atoms with Crippen molar-refractivity contribution in [1.29, 1.82) is 0 Å². The number of piperazine rings is 1. The summed E-state index contributed by atoms with van der Waals surface area (Å²) in [6, 6.07) is 7.71. The van der Waals surface area contributed by atoms with Gasteiger partial charge in [-0.05, 0) is 19.1 Å². The molecule has 1 aliphatic heterocycles. The Hall–Kier alpha value is -1.55. The van der Waals surface area contributed by atoms with Crippen LogP contribution in [0.5, 0.6) is 5.75 Å². The predicted molar refractivity (Wildman–Crippen MR) is 66.4 cm³/mol. The van der Waals surface area contributed by atoms with E-state index < -0.39 is 0 Å². The van der Waals surface area contributed by atoms with Crippen molar-refractivity contribution in [2.45, 2.75) is 13.0 Å². The molecule has 0 aromatic heterocycles. The summed E-state index contributed by atoms with van der Waals surface area (Å²) in [6.07, 6.45) is 0. The monoisotopic (exact) mass is 234 g/mol. The van der Waals surface area contributed by atoms with Crippen LogP contribution < -0.4 is 10.1 Å². The third-order valence-electron chi connectivity index (χ3n) is 2.99. The van der Waals surface area contributed by atoms with E-state index in [1.54, 1.807) is 7.11 Å². The van der Waals surface area contributed by atoms with Crippen molar-refractivity contribution >= 4 is 5.91 Å². The van der Waals surface area contributed by atoms with E-state index in [1.807, 2.05) is 29.2 Å². The summed E-state index contributed by atoms with van der Waals surface area (Å²) in [4.78, 5) is 14.2. The molecule has 1 saturated heterocycles. The molecule has 0 unspecified atom stereocenters. The molecule has 4 heteroatoms. The van der Waals surface area contributed by atoms with Crippen LogP contribution in [0.1, 0.15) is 17.3 Å². The van der Waals surface area contributed by atoms with E-state index >= 15 is 0 Å². The maximum Gasteiger partial charge on any atom is 0.257 e. The summed E-state index contributed by atoms with van der Waals surface area (Å²) in [6.45, 7) is 4.43. The summed E-state index contributed by atoms with van der Waals surface area (Å²) in [5.74, 6) is 0.694. The minimum Gasteiger partial charge on any atom is -0.496 e. The molecule has 2 rings (SSSR count). The first-order valence-electron chi connectivity index (χ1n) is 5.88. The standard InChI is InChI=1S/C13H18N2O2/c1-10-9-15(8-7-14-10)13(16)11-5-3-4-6-12(11)17-2/h3-6,10,14H,7-9H2,1-2H3/t10-/m1/s1. The molecule has 0 radical (unpaired) electrons. The van der Waals surface area contributed by atoms with Gasteiger partial charge in [0.2, 0.25) is 0 Å². The fourth-order valence-electron chi connectivity index (χ4n) is 2.11. The summed E-state index contributed by atoms with van der Waals surface area (Å²) >= 11 is 0. The normalized spacial score (nSPS) is 20.1. The summed E-state index contributed by atoms with van der Waals surface area (Å²) in [5, 5.41) is 3.32. The second kappa shape index (κ2) is 5.19. The number of hydrogen-bond donors (Lipinski definition) is 1. The first-order chi connectivity index (χ1) is 8.22. The lowest BCUT2D eigenvalue weighted by Gasteiger charge is -2.32. The molecule has 0 spiro atoms. The first-order valence-corrected chi connectivity index (χ1v) is 5.88. The highest BCUT2D eigenvalue weighted by molar-refractivity contribution is 5.97. The van der Waals surface area contributed by atoms with E-state index in [2.05, 4.69) is 12.2 Å². The van der Waals surface area contributed by atoms with E-state index in [4.69, 9.17) is 4.74 Å². The van der Waals surface area contributed by atoms with Gasteiger partial charge in [-0.1, -0.05) is 12.1 Å². The van der Waals surface area contributed by atoms with Gasteiger partial charge in [-0.25, -0.2) is 0 Å². The molecule has 1 aromatic carbocycles. The highest BCUT2D eigenvalue weighted by atomic mass is 16.5. The Morgan fingerprint density at radius 1 is 1.47 bits per heavy atom. The van der Waals surface area contributed by atoms with Gasteiger partial charge in [-0.3, -0.25) is 4.79 Å². The van der Waals surface area contributed by atoms with Crippen LogP contribution in [0.3, 0.4) is 0 Å². The molecule has 1 N–H and O–H groups in total. The van der Waals surface area contributed by atoms with E-state index in [9.17, 15) is 4.79 Å². The van der Waals surface area contributed by atoms with Crippen molar-refractivity contribution in [3.63, 3.8) is 0 Å². The zero-order valence-corrected chi connectivity index (χ0v) is 10.3. The topological polar surface area (TPSA) is 41.6 Å². The number of ether oxygens (including phenoxy) is 1. The van der Waals surface area contributed by atoms with Gasteiger partial charge in [-0.15, -0.1) is 0 Å². The number of nitrogens with one attached hydrogen (secondary N) is 1. The van der Waals surface area contributed by atoms with Gasteiger partial charge in [0.05, 0.1) is 12.7 Å². The molecule has 0 saturated carbocycles. The highest BCUT2D eigenvalue weighted by Gasteiger charge is 2.23. The van der Waals surface area contributed by atoms with Gasteiger partial charge in [-0.2, -0.15) is 0 Å². The average molecular weight is 234 g/mol. The molecule has 1 amide bonds. The van der Waals surface area contributed by atoms with Crippen molar-refractivity contribution in [1.82, 2.24) is 10.2 Å². The van der Waals surface area contributed by atoms with Crippen LogP contribution in [0.2, 0.25) is 0 Å². The van der Waals surface area contributed by atoms with E-state index in [0.29, 0.717) is 17.4 Å². The Bertz CT molecular complexity index is 406. The van der Waals surface area contributed by atoms with Crippen LogP contribution in [0.25, 0.3) is 0 Å². The molecule has 1 heterocycles. The van der Waals surface area contributed by atoms with Crippen LogP contribution in [0.4, 0.5) is 0 Å². The molecular weight excluding hydrogens is 216 g/mol. The number of para-hydroxylation sites is 1. The average Bonchev–Trinajstić information content (AvgIpc) is 2.38. The van der Waals surface area contributed by atoms with Crippen LogP contribution in [0, 0.1) is 0 Å². The SMILES string of the molecule is COc1ccccc1C(=O)N1CCN[C@H](C)C1. The smallest absolute Gasteiger partial charge is 0.257 e. The van der Waals surface area contributed by atoms with Gasteiger partial charge in [0.1, 0.15) is 5.75 Å². The molecular formula is C13H18N2O2. The molecule has 4 nitrogen and oxygen atoms in total. The quantitative estimate of drug-likeness (QED) is 0.834. The van der Waals surface area contributed by atoms with E-state index in [1.165, 1.54) is 0 Å². The summed E-state index contributed by atoms with van der Waals surface area (Å²) in [5.41, 5.74) is 0.643. The van der Waals surface area contributed by atoms with Crippen LogP contribution in [-0.2, 0) is 0 Å². The van der Waals surface area contributed by atoms with Crippen LogP contribution in [0.15, 0.2) is 24.3 Å². The minimum atomic E-state index is 0.0517. The third-order valence-corrected chi connectivity index (χ3v) is 2.99. The van der Waals surface area contributed by atoms with Crippen molar-refractivity contribution < 1.29 is 9.53 Å². The summed E-state index contributed by atoms with van der Waals surface area (Å²) < 4.78 is 5.22. The lowest BCUT2D eigenvalue weighted by molar-refractivity contribution is 0.0705. The lowest BCUT2D eigenvalue weighted by Crippen LogP contribution is -2.51. The molecule has 0 bridgehead atoms. The first kappa shape index (κ1) is 11.9. The fourth-order valence-corrected chi connectivity index (χ4v) is 2.11. The summed E-state index contributed by atoms with van der Waals surface area (Å²) in [7, 11) is 1.59. The molecule has 1 aromatic rings. The Morgan fingerprint density at radius 2 is 2.24 bits per heavy atom. The number of amides is 1. The number of nitrogens with zero attached hydrogens (tertiary/aromatic N) is 1. The van der Waals surface area contributed by atoms with E-state index in [-0.39, 0.29) is 5.91 Å². The van der Waals surface area contributed by atoms with Crippen molar-refractivity contribution in [3.8, 4) is 5.75 Å². The molecule has 1 fully saturated rings. The lowest BCUT2D eigenvalue weighted by atomic mass is 10.1. The van der Waals surface area contributed by atoms with Gasteiger partial charge in [0.25, 0.3) is 5.91 Å². The second-order valence-corrected chi connectivity index (χ2v) is 4.31. The fraction of sp³-hybridized carbons (Fsp3) is 0.462. The van der Waals surface area contributed by atoms with E-state index in [0.717, 1.165) is 19.6 Å². The predicted octanol–water partition coefficient (Wildman–Crippen LogP) is 1.13. The minimum absolute atomic E-state index is 0.0517. The Morgan fingerprint density at radius 3 is 2.94 bits per heavy atom. The number of rotatable bonds is 2. The van der Waals surface area contributed by atoms with Crippen molar-refractivity contribution in [2.75, 3.05) is 26.7 Å². The number of carbonyl (C=O) groups is 1. The van der Waals surface area contributed by atoms with Crippen LogP contribution in [-0.4, -0.2) is 43.6 Å². The Kier molecular flexibility index (Phi) is 3.64. The highest BCUT2D eigenvalue weighted by Crippen LogP contribution is 2.19. The van der Waals surface area contributed by atoms with Gasteiger partial charge in [0.15, 0.2) is 0 Å². The number of hydrogen-bond acceptors (Lipinski definition) is 3. The van der Waals surface area contributed by atoms with Gasteiger partial charge < -0.3 is 15.0 Å².